The van der Waals surface area contributed by atoms with Gasteiger partial charge in [0.1, 0.15) is 6.10 Å². The van der Waals surface area contributed by atoms with Crippen LogP contribution in [0.1, 0.15) is 43.7 Å². The van der Waals surface area contributed by atoms with Crippen LogP contribution in [-0.2, 0) is 6.18 Å². The van der Waals surface area contributed by atoms with E-state index in [1.807, 2.05) is 6.92 Å². The summed E-state index contributed by atoms with van der Waals surface area (Å²) >= 11 is 0. The maximum absolute atomic E-state index is 12.5. The number of alkyl halides is 3. The van der Waals surface area contributed by atoms with Crippen molar-refractivity contribution in [3.63, 3.8) is 0 Å². The van der Waals surface area contributed by atoms with E-state index in [0.29, 0.717) is 12.0 Å². The zero-order valence-electron chi connectivity index (χ0n) is 11.4. The second kappa shape index (κ2) is 6.26. The fourth-order valence-corrected chi connectivity index (χ4v) is 1.81. The first-order valence-electron chi connectivity index (χ1n) is 6.61. The number of unbranched alkanes of at least 4 members (excludes halogenated alkanes) is 1. The molecule has 0 fully saturated rings. The fourth-order valence-electron chi connectivity index (χ4n) is 1.81. The number of rotatable bonds is 5. The van der Waals surface area contributed by atoms with Gasteiger partial charge in [-0.05, 0) is 30.7 Å². The number of hydrogen-bond acceptors (Lipinski definition) is 4. The van der Waals surface area contributed by atoms with Gasteiger partial charge < -0.3 is 9.52 Å². The van der Waals surface area contributed by atoms with Crippen LogP contribution in [0.5, 0.6) is 0 Å². The molecule has 0 radical (unpaired) electrons. The highest BCUT2D eigenvalue weighted by molar-refractivity contribution is 5.53. The number of benzene rings is 1. The van der Waals surface area contributed by atoms with Crippen molar-refractivity contribution in [1.82, 2.24) is 10.2 Å². The van der Waals surface area contributed by atoms with E-state index in [2.05, 4.69) is 10.2 Å². The van der Waals surface area contributed by atoms with E-state index in [-0.39, 0.29) is 11.8 Å². The van der Waals surface area contributed by atoms with Crippen LogP contribution >= 0.6 is 0 Å². The summed E-state index contributed by atoms with van der Waals surface area (Å²) in [6.07, 6.45) is -2.98. The Labute approximate surface area is 119 Å². The van der Waals surface area contributed by atoms with Crippen LogP contribution in [0.3, 0.4) is 0 Å². The molecule has 1 N–H and O–H groups in total. The minimum Gasteiger partial charge on any atom is -0.418 e. The van der Waals surface area contributed by atoms with Crippen LogP contribution in [-0.4, -0.2) is 15.3 Å². The zero-order valence-corrected chi connectivity index (χ0v) is 11.4. The van der Waals surface area contributed by atoms with E-state index in [1.54, 1.807) is 0 Å². The molecular weight excluding hydrogens is 285 g/mol. The minimum atomic E-state index is -4.38. The van der Waals surface area contributed by atoms with Gasteiger partial charge >= 0.3 is 6.18 Å². The molecule has 0 aliphatic carbocycles. The topological polar surface area (TPSA) is 59.2 Å². The van der Waals surface area contributed by atoms with Gasteiger partial charge in [-0.2, -0.15) is 13.2 Å². The summed E-state index contributed by atoms with van der Waals surface area (Å²) in [5.41, 5.74) is -0.363. The average Bonchev–Trinajstić information content (AvgIpc) is 2.94. The lowest BCUT2D eigenvalue weighted by molar-refractivity contribution is -0.137. The van der Waals surface area contributed by atoms with Crippen LogP contribution in [0.4, 0.5) is 13.2 Å². The number of hydrogen-bond donors (Lipinski definition) is 1. The van der Waals surface area contributed by atoms with Crippen LogP contribution in [0.2, 0.25) is 0 Å². The van der Waals surface area contributed by atoms with Crippen molar-refractivity contribution in [2.45, 2.75) is 38.5 Å². The lowest BCUT2D eigenvalue weighted by atomic mass is 10.1. The second-order valence-corrected chi connectivity index (χ2v) is 4.68. The lowest BCUT2D eigenvalue weighted by Crippen LogP contribution is -2.03. The predicted octanol–water partition coefficient (Wildman–Crippen LogP) is 3.98. The third-order valence-corrected chi connectivity index (χ3v) is 3.02. The van der Waals surface area contributed by atoms with Crippen LogP contribution in [0.25, 0.3) is 11.5 Å². The van der Waals surface area contributed by atoms with Crippen molar-refractivity contribution >= 4 is 0 Å². The summed E-state index contributed by atoms with van der Waals surface area (Å²) in [5.74, 6) is 0.174. The van der Waals surface area contributed by atoms with E-state index >= 15 is 0 Å². The summed E-state index contributed by atoms with van der Waals surface area (Å²) in [6.45, 7) is 1.99. The molecule has 0 aliphatic heterocycles. The van der Waals surface area contributed by atoms with Crippen molar-refractivity contribution in [2.75, 3.05) is 0 Å². The van der Waals surface area contributed by atoms with Crippen LogP contribution in [0, 0.1) is 0 Å². The van der Waals surface area contributed by atoms with Gasteiger partial charge in [-0.3, -0.25) is 0 Å². The van der Waals surface area contributed by atoms with E-state index in [9.17, 15) is 18.3 Å². The van der Waals surface area contributed by atoms with E-state index < -0.39 is 17.8 Å². The molecule has 1 heterocycles. The van der Waals surface area contributed by atoms with Crippen molar-refractivity contribution < 1.29 is 22.7 Å². The summed E-state index contributed by atoms with van der Waals surface area (Å²) in [5, 5.41) is 17.3. The largest absolute Gasteiger partial charge is 0.418 e. The molecule has 7 heteroatoms. The minimum absolute atomic E-state index is 0.0818. The Morgan fingerprint density at radius 3 is 2.43 bits per heavy atom. The quantitative estimate of drug-likeness (QED) is 0.907. The summed E-state index contributed by atoms with van der Waals surface area (Å²) in [7, 11) is 0. The molecule has 21 heavy (non-hydrogen) atoms. The first kappa shape index (κ1) is 15.5. The van der Waals surface area contributed by atoms with Gasteiger partial charge in [0.25, 0.3) is 0 Å². The first-order chi connectivity index (χ1) is 9.91. The van der Waals surface area contributed by atoms with E-state index in [4.69, 9.17) is 4.42 Å². The van der Waals surface area contributed by atoms with Gasteiger partial charge in [0.15, 0.2) is 0 Å². The number of aromatic nitrogens is 2. The molecule has 1 atom stereocenters. The Kier molecular flexibility index (Phi) is 4.62. The molecule has 1 aromatic carbocycles. The Morgan fingerprint density at radius 1 is 1.19 bits per heavy atom. The third kappa shape index (κ3) is 3.81. The zero-order chi connectivity index (χ0) is 15.5. The van der Waals surface area contributed by atoms with Crippen molar-refractivity contribution in [1.29, 1.82) is 0 Å². The standard InChI is InChI=1S/C14H15F3N2O2/c1-2-3-4-11(20)13-19-18-12(21-13)9-5-7-10(8-6-9)14(15,16)17/h5-8,11,20H,2-4H2,1H3/t11-/m1/s1. The van der Waals surface area contributed by atoms with Gasteiger partial charge in [0, 0.05) is 5.56 Å². The highest BCUT2D eigenvalue weighted by atomic mass is 19.4. The molecule has 0 bridgehead atoms. The van der Waals surface area contributed by atoms with Gasteiger partial charge in [-0.1, -0.05) is 19.8 Å². The van der Waals surface area contributed by atoms with Crippen molar-refractivity contribution in [3.05, 3.63) is 35.7 Å². The van der Waals surface area contributed by atoms with Crippen LogP contribution < -0.4 is 0 Å². The smallest absolute Gasteiger partial charge is 0.416 e. The van der Waals surface area contributed by atoms with Crippen molar-refractivity contribution in [3.8, 4) is 11.5 Å². The molecule has 0 saturated carbocycles. The molecule has 0 spiro atoms. The number of nitrogens with zero attached hydrogens (tertiary/aromatic N) is 2. The third-order valence-electron chi connectivity index (χ3n) is 3.02. The molecular formula is C14H15F3N2O2. The molecule has 0 saturated heterocycles. The van der Waals surface area contributed by atoms with Gasteiger partial charge in [0.05, 0.1) is 5.56 Å². The maximum Gasteiger partial charge on any atom is 0.416 e. The Hall–Kier alpha value is -1.89. The Bertz CT molecular complexity index is 579. The van der Waals surface area contributed by atoms with E-state index in [1.165, 1.54) is 12.1 Å². The number of aliphatic hydroxyl groups is 1. The molecule has 0 amide bonds. The molecule has 0 aliphatic rings. The van der Waals surface area contributed by atoms with Gasteiger partial charge in [-0.15, -0.1) is 10.2 Å². The molecule has 1 aromatic heterocycles. The average molecular weight is 300 g/mol. The lowest BCUT2D eigenvalue weighted by Gasteiger charge is -2.06. The Balaban J connectivity index is 2.14. The molecule has 114 valence electrons. The predicted molar refractivity (Wildman–Crippen MR) is 69.2 cm³/mol. The highest BCUT2D eigenvalue weighted by Crippen LogP contribution is 2.31. The van der Waals surface area contributed by atoms with E-state index in [0.717, 1.165) is 25.0 Å². The first-order valence-corrected chi connectivity index (χ1v) is 6.61. The number of halogens is 3. The molecule has 2 rings (SSSR count). The SMILES string of the molecule is CCCC[C@@H](O)c1nnc(-c2ccc(C(F)(F)F)cc2)o1. The fraction of sp³-hybridized carbons (Fsp3) is 0.429. The molecule has 4 nitrogen and oxygen atoms in total. The second-order valence-electron chi connectivity index (χ2n) is 4.68. The van der Waals surface area contributed by atoms with Crippen molar-refractivity contribution in [2.24, 2.45) is 0 Å². The normalized spacial score (nSPS) is 13.4. The Morgan fingerprint density at radius 2 is 1.86 bits per heavy atom. The summed E-state index contributed by atoms with van der Waals surface area (Å²) in [4.78, 5) is 0. The van der Waals surface area contributed by atoms with Gasteiger partial charge in [0.2, 0.25) is 11.8 Å². The monoisotopic (exact) mass is 300 g/mol. The van der Waals surface area contributed by atoms with Crippen LogP contribution in [0.15, 0.2) is 28.7 Å². The highest BCUT2D eigenvalue weighted by Gasteiger charge is 2.30. The molecule has 2 aromatic rings. The van der Waals surface area contributed by atoms with Gasteiger partial charge in [-0.25, -0.2) is 0 Å². The number of aliphatic hydroxyl groups excluding tert-OH is 1. The maximum atomic E-state index is 12.5. The molecule has 0 unspecified atom stereocenters. The summed E-state index contributed by atoms with van der Waals surface area (Å²) in [6, 6.07) is 4.43. The summed E-state index contributed by atoms with van der Waals surface area (Å²) < 4.78 is 42.7.